The van der Waals surface area contributed by atoms with Gasteiger partial charge in [0.25, 0.3) is 0 Å². The Hall–Kier alpha value is -2.76. The Kier molecular flexibility index (Phi) is 7.72. The van der Waals surface area contributed by atoms with Gasteiger partial charge in [0.05, 0.1) is 0 Å². The predicted octanol–water partition coefficient (Wildman–Crippen LogP) is 11.1. The van der Waals surface area contributed by atoms with Crippen LogP contribution in [0.3, 0.4) is 0 Å². The Morgan fingerprint density at radius 3 is 1.79 bits per heavy atom. The summed E-state index contributed by atoms with van der Waals surface area (Å²) in [5.74, 6) is 0. The van der Waals surface area contributed by atoms with Crippen molar-refractivity contribution in [1.29, 1.82) is 0 Å². The maximum Gasteiger partial charge on any atom is 0.0177 e. The number of benzene rings is 4. The fourth-order valence-electron chi connectivity index (χ4n) is 8.94. The third-order valence-corrected chi connectivity index (χ3v) is 10.3. The molecule has 210 valence electrons. The molecular formula is C41H42Zr. The van der Waals surface area contributed by atoms with Crippen LogP contribution >= 0.6 is 0 Å². The van der Waals surface area contributed by atoms with E-state index in [0.29, 0.717) is 0 Å². The van der Waals surface area contributed by atoms with E-state index in [4.69, 9.17) is 0 Å². The van der Waals surface area contributed by atoms with Crippen molar-refractivity contribution >= 4 is 0 Å². The van der Waals surface area contributed by atoms with Gasteiger partial charge in [0, 0.05) is 31.6 Å². The van der Waals surface area contributed by atoms with Crippen LogP contribution in [0.1, 0.15) is 82.2 Å². The summed E-state index contributed by atoms with van der Waals surface area (Å²) in [7, 11) is 0. The molecule has 0 radical (unpaired) electrons. The van der Waals surface area contributed by atoms with Gasteiger partial charge in [-0.25, -0.2) is 0 Å². The van der Waals surface area contributed by atoms with Gasteiger partial charge in [-0.2, -0.15) is 0 Å². The molecule has 1 fully saturated rings. The first-order valence-corrected chi connectivity index (χ1v) is 15.6. The van der Waals surface area contributed by atoms with Gasteiger partial charge in [0.1, 0.15) is 0 Å². The fraction of sp³-hybridized carbons (Fsp3) is 0.317. The average Bonchev–Trinajstić information content (AvgIpc) is 3.67. The zero-order valence-corrected chi connectivity index (χ0v) is 28.6. The van der Waals surface area contributed by atoms with E-state index in [-0.39, 0.29) is 31.6 Å². The zero-order valence-electron chi connectivity index (χ0n) is 26.2. The van der Waals surface area contributed by atoms with Gasteiger partial charge in [-0.1, -0.05) is 102 Å². The van der Waals surface area contributed by atoms with E-state index in [2.05, 4.69) is 114 Å². The van der Waals surface area contributed by atoms with Crippen LogP contribution in [0.4, 0.5) is 0 Å². The van der Waals surface area contributed by atoms with Crippen LogP contribution in [0.5, 0.6) is 0 Å². The van der Waals surface area contributed by atoms with E-state index in [1.807, 2.05) is 0 Å². The number of fused-ring (bicyclic) bond motifs is 3. The summed E-state index contributed by atoms with van der Waals surface area (Å²) in [6, 6.07) is 21.6. The average molecular weight is 626 g/mol. The quantitative estimate of drug-likeness (QED) is 0.186. The van der Waals surface area contributed by atoms with Gasteiger partial charge in [-0.05, 0) is 140 Å². The molecule has 0 saturated heterocycles. The SMILES string of the molecule is Cc1cc(C)c(-c2ccc3c(c2)Cc2c-3ccc(-c3c(C)cc(C)cc3C)c2C2(C3=CC=CC3)CCCC2)c(C)c1.[Zr]. The van der Waals surface area contributed by atoms with Crippen molar-refractivity contribution in [2.45, 2.75) is 85.5 Å². The Morgan fingerprint density at radius 2 is 1.19 bits per heavy atom. The van der Waals surface area contributed by atoms with Crippen molar-refractivity contribution < 1.29 is 26.2 Å². The van der Waals surface area contributed by atoms with Crippen molar-refractivity contribution in [1.82, 2.24) is 0 Å². The van der Waals surface area contributed by atoms with E-state index in [9.17, 15) is 0 Å². The summed E-state index contributed by atoms with van der Waals surface area (Å²) in [5, 5.41) is 0. The van der Waals surface area contributed by atoms with Crippen molar-refractivity contribution in [3.05, 3.63) is 128 Å². The first-order valence-electron chi connectivity index (χ1n) is 15.6. The summed E-state index contributed by atoms with van der Waals surface area (Å²) in [5.41, 5.74) is 23.3. The molecule has 0 nitrogen and oxygen atoms in total. The minimum atomic E-state index is 0. The molecule has 0 bridgehead atoms. The molecule has 42 heavy (non-hydrogen) atoms. The number of rotatable bonds is 4. The minimum Gasteiger partial charge on any atom is -0.0804 e. The maximum atomic E-state index is 2.50. The second kappa shape index (κ2) is 11.1. The smallest absolute Gasteiger partial charge is 0.0177 e. The number of allylic oxidation sites excluding steroid dienone is 4. The molecule has 7 rings (SSSR count). The Bertz CT molecular complexity index is 1740. The summed E-state index contributed by atoms with van der Waals surface area (Å²) in [4.78, 5) is 0. The Balaban J connectivity index is 0.00000316. The van der Waals surface area contributed by atoms with Gasteiger partial charge in [-0.15, -0.1) is 0 Å². The summed E-state index contributed by atoms with van der Waals surface area (Å²) >= 11 is 0. The third-order valence-electron chi connectivity index (χ3n) is 10.3. The topological polar surface area (TPSA) is 0 Å². The monoisotopic (exact) mass is 624 g/mol. The second-order valence-electron chi connectivity index (χ2n) is 13.2. The molecule has 4 aromatic carbocycles. The second-order valence-corrected chi connectivity index (χ2v) is 13.2. The van der Waals surface area contributed by atoms with Crippen LogP contribution in [0.15, 0.2) is 78.4 Å². The van der Waals surface area contributed by atoms with Gasteiger partial charge in [0.15, 0.2) is 0 Å². The molecule has 4 aromatic rings. The molecule has 0 spiro atoms. The molecule has 3 aliphatic carbocycles. The fourth-order valence-corrected chi connectivity index (χ4v) is 8.94. The number of aryl methyl sites for hydroxylation is 6. The van der Waals surface area contributed by atoms with E-state index >= 15 is 0 Å². The predicted molar refractivity (Wildman–Crippen MR) is 176 cm³/mol. The first-order chi connectivity index (χ1) is 19.8. The molecule has 0 heterocycles. The molecule has 1 saturated carbocycles. The van der Waals surface area contributed by atoms with Crippen LogP contribution in [-0.4, -0.2) is 0 Å². The van der Waals surface area contributed by atoms with Gasteiger partial charge < -0.3 is 0 Å². The van der Waals surface area contributed by atoms with Crippen molar-refractivity contribution in [2.75, 3.05) is 0 Å². The van der Waals surface area contributed by atoms with Crippen LogP contribution < -0.4 is 0 Å². The van der Waals surface area contributed by atoms with E-state index in [1.165, 1.54) is 98.0 Å². The molecule has 0 N–H and O–H groups in total. The minimum absolute atomic E-state index is 0. The molecule has 0 unspecified atom stereocenters. The zero-order chi connectivity index (χ0) is 28.5. The first kappa shape index (κ1) is 29.3. The standard InChI is InChI=1S/C41H42.Zr/c1-25-19-27(3)38(28(4)20-25)31-13-14-34-32(23-31)24-37-35(34)15-16-36(39-29(5)21-26(2)22-30(39)6)40(37)41(17-9-10-18-41)33-11-7-8-12-33;/h7-8,11,13-16,19-23H,9-10,12,17-18,24H2,1-6H3;. The summed E-state index contributed by atoms with van der Waals surface area (Å²) in [6.07, 6.45) is 14.4. The van der Waals surface area contributed by atoms with Crippen molar-refractivity contribution in [2.24, 2.45) is 0 Å². The molecule has 1 heteroatoms. The van der Waals surface area contributed by atoms with Gasteiger partial charge >= 0.3 is 0 Å². The van der Waals surface area contributed by atoms with E-state index in [1.54, 1.807) is 16.7 Å². The van der Waals surface area contributed by atoms with Gasteiger partial charge in [0.2, 0.25) is 0 Å². The van der Waals surface area contributed by atoms with Crippen LogP contribution in [-0.2, 0) is 38.0 Å². The number of hydrogen-bond acceptors (Lipinski definition) is 0. The molecule has 0 atom stereocenters. The van der Waals surface area contributed by atoms with E-state index in [0.717, 1.165) is 12.8 Å². The van der Waals surface area contributed by atoms with E-state index < -0.39 is 0 Å². The third kappa shape index (κ3) is 4.59. The van der Waals surface area contributed by atoms with Crippen molar-refractivity contribution in [3.8, 4) is 33.4 Å². The van der Waals surface area contributed by atoms with Crippen LogP contribution in [0, 0.1) is 41.5 Å². The molecule has 0 aliphatic heterocycles. The number of hydrogen-bond donors (Lipinski definition) is 0. The molecule has 0 aromatic heterocycles. The largest absolute Gasteiger partial charge is 0.0804 e. The summed E-state index contributed by atoms with van der Waals surface area (Å²) in [6.45, 7) is 13.6. The summed E-state index contributed by atoms with van der Waals surface area (Å²) < 4.78 is 0. The van der Waals surface area contributed by atoms with Gasteiger partial charge in [-0.3, -0.25) is 0 Å². The maximum absolute atomic E-state index is 2.50. The van der Waals surface area contributed by atoms with Crippen LogP contribution in [0.25, 0.3) is 33.4 Å². The Labute approximate surface area is 272 Å². The van der Waals surface area contributed by atoms with Crippen LogP contribution in [0.2, 0.25) is 0 Å². The molecule has 0 amide bonds. The molecule has 3 aliphatic rings. The Morgan fingerprint density at radius 1 is 0.619 bits per heavy atom. The molecular weight excluding hydrogens is 584 g/mol. The normalized spacial score (nSPS) is 16.3. The van der Waals surface area contributed by atoms with Crippen molar-refractivity contribution in [3.63, 3.8) is 0 Å².